The standard InChI is InChI=1S/C18H24F2N6OS/c1-3-15-23-18(28-24-15)26-10-8-25(9-11-26)17(21-2)22-12-13-6-4-5-7-14(13)27-16(19)20/h4-7,16H,3,8-12H2,1-2H3,(H,21,22). The van der Waals surface area contributed by atoms with Crippen molar-refractivity contribution in [1.82, 2.24) is 19.6 Å². The number of ether oxygens (including phenoxy) is 1. The van der Waals surface area contributed by atoms with E-state index in [0.717, 1.165) is 49.5 Å². The number of alkyl halides is 2. The predicted molar refractivity (Wildman–Crippen MR) is 106 cm³/mol. The molecule has 2 heterocycles. The highest BCUT2D eigenvalue weighted by Gasteiger charge is 2.22. The van der Waals surface area contributed by atoms with E-state index in [1.54, 1.807) is 25.2 Å². The number of rotatable bonds is 6. The van der Waals surface area contributed by atoms with Crippen molar-refractivity contribution in [1.29, 1.82) is 0 Å². The molecule has 1 fully saturated rings. The number of hydrogen-bond acceptors (Lipinski definition) is 6. The Morgan fingerprint density at radius 2 is 2.04 bits per heavy atom. The summed E-state index contributed by atoms with van der Waals surface area (Å²) in [4.78, 5) is 13.3. The third kappa shape index (κ3) is 5.06. The van der Waals surface area contributed by atoms with E-state index in [1.807, 2.05) is 6.92 Å². The van der Waals surface area contributed by atoms with Gasteiger partial charge in [-0.15, -0.1) is 0 Å². The fourth-order valence-corrected chi connectivity index (χ4v) is 3.79. The van der Waals surface area contributed by atoms with Crippen LogP contribution < -0.4 is 15.0 Å². The van der Waals surface area contributed by atoms with Crippen LogP contribution in [0.3, 0.4) is 0 Å². The predicted octanol–water partition coefficient (Wildman–Crippen LogP) is 2.60. The number of nitrogens with one attached hydrogen (secondary N) is 1. The molecule has 2 aromatic rings. The monoisotopic (exact) mass is 410 g/mol. The number of aromatic nitrogens is 2. The number of hydrogen-bond donors (Lipinski definition) is 1. The summed E-state index contributed by atoms with van der Waals surface area (Å²) in [5.74, 6) is 1.79. The van der Waals surface area contributed by atoms with Crippen molar-refractivity contribution >= 4 is 22.6 Å². The molecule has 152 valence electrons. The highest BCUT2D eigenvalue weighted by Crippen LogP contribution is 2.21. The Hall–Kier alpha value is -2.49. The maximum atomic E-state index is 12.6. The first-order chi connectivity index (χ1) is 13.6. The molecular formula is C18H24F2N6OS. The number of aryl methyl sites for hydroxylation is 1. The lowest BCUT2D eigenvalue weighted by atomic mass is 10.2. The zero-order chi connectivity index (χ0) is 19.9. The zero-order valence-electron chi connectivity index (χ0n) is 15.9. The smallest absolute Gasteiger partial charge is 0.387 e. The quantitative estimate of drug-likeness (QED) is 0.583. The van der Waals surface area contributed by atoms with Gasteiger partial charge in [0, 0.05) is 63.3 Å². The highest BCUT2D eigenvalue weighted by atomic mass is 32.1. The minimum Gasteiger partial charge on any atom is -0.434 e. The molecule has 1 aliphatic heterocycles. The van der Waals surface area contributed by atoms with Crippen LogP contribution in [0.15, 0.2) is 29.3 Å². The molecule has 0 amide bonds. The van der Waals surface area contributed by atoms with Crippen LogP contribution in [0.4, 0.5) is 13.9 Å². The minimum atomic E-state index is -2.85. The molecule has 0 saturated carbocycles. The minimum absolute atomic E-state index is 0.174. The molecule has 0 atom stereocenters. The number of para-hydroxylation sites is 1. The van der Waals surface area contributed by atoms with E-state index in [9.17, 15) is 8.78 Å². The molecule has 0 radical (unpaired) electrons. The third-order valence-electron chi connectivity index (χ3n) is 4.46. The lowest BCUT2D eigenvalue weighted by Crippen LogP contribution is -2.52. The van der Waals surface area contributed by atoms with Crippen molar-refractivity contribution in [3.8, 4) is 5.75 Å². The Morgan fingerprint density at radius 3 is 2.68 bits per heavy atom. The van der Waals surface area contributed by atoms with Gasteiger partial charge in [-0.1, -0.05) is 25.1 Å². The van der Waals surface area contributed by atoms with Crippen LogP contribution in [0.2, 0.25) is 0 Å². The maximum absolute atomic E-state index is 12.6. The number of benzene rings is 1. The van der Waals surface area contributed by atoms with Crippen molar-refractivity contribution in [2.75, 3.05) is 38.1 Å². The average molecular weight is 410 g/mol. The van der Waals surface area contributed by atoms with Crippen LogP contribution in [-0.2, 0) is 13.0 Å². The molecule has 0 unspecified atom stereocenters. The molecule has 0 spiro atoms. The first kappa shape index (κ1) is 20.2. The second-order valence-electron chi connectivity index (χ2n) is 6.21. The van der Waals surface area contributed by atoms with Gasteiger partial charge in [-0.2, -0.15) is 13.2 Å². The van der Waals surface area contributed by atoms with Crippen LogP contribution in [-0.4, -0.2) is 60.1 Å². The van der Waals surface area contributed by atoms with Crippen molar-refractivity contribution in [3.05, 3.63) is 35.7 Å². The Labute approximate surface area is 167 Å². The number of halogens is 2. The molecule has 3 rings (SSSR count). The summed E-state index contributed by atoms with van der Waals surface area (Å²) in [5, 5.41) is 4.20. The molecule has 10 heteroatoms. The van der Waals surface area contributed by atoms with E-state index >= 15 is 0 Å². The third-order valence-corrected chi connectivity index (χ3v) is 5.28. The van der Waals surface area contributed by atoms with E-state index in [0.29, 0.717) is 12.1 Å². The van der Waals surface area contributed by atoms with Gasteiger partial charge in [-0.25, -0.2) is 4.98 Å². The van der Waals surface area contributed by atoms with Crippen molar-refractivity contribution in [3.63, 3.8) is 0 Å². The van der Waals surface area contributed by atoms with Crippen LogP contribution in [0.5, 0.6) is 5.75 Å². The number of anilines is 1. The number of aliphatic imine (C=N–C) groups is 1. The topological polar surface area (TPSA) is 65.9 Å². The van der Waals surface area contributed by atoms with Crippen LogP contribution in [0.25, 0.3) is 0 Å². The molecule has 1 aromatic carbocycles. The molecule has 0 bridgehead atoms. The van der Waals surface area contributed by atoms with E-state index in [1.165, 1.54) is 17.6 Å². The molecular weight excluding hydrogens is 386 g/mol. The Morgan fingerprint density at radius 1 is 1.29 bits per heavy atom. The Bertz CT molecular complexity index is 792. The number of guanidine groups is 1. The normalized spacial score (nSPS) is 15.2. The molecule has 7 nitrogen and oxygen atoms in total. The highest BCUT2D eigenvalue weighted by molar-refractivity contribution is 7.09. The summed E-state index contributed by atoms with van der Waals surface area (Å²) in [5.41, 5.74) is 0.656. The lowest BCUT2D eigenvalue weighted by Gasteiger charge is -2.36. The summed E-state index contributed by atoms with van der Waals surface area (Å²) in [6.45, 7) is 2.78. The zero-order valence-corrected chi connectivity index (χ0v) is 16.8. The van der Waals surface area contributed by atoms with Crippen LogP contribution in [0.1, 0.15) is 18.3 Å². The van der Waals surface area contributed by atoms with E-state index in [2.05, 4.69) is 34.2 Å². The number of nitrogens with zero attached hydrogens (tertiary/aromatic N) is 5. The molecule has 28 heavy (non-hydrogen) atoms. The molecule has 1 aromatic heterocycles. The molecule has 0 aliphatic carbocycles. The largest absolute Gasteiger partial charge is 0.434 e. The average Bonchev–Trinajstić information content (AvgIpc) is 3.19. The van der Waals surface area contributed by atoms with Gasteiger partial charge in [-0.3, -0.25) is 4.99 Å². The van der Waals surface area contributed by atoms with E-state index in [-0.39, 0.29) is 5.75 Å². The Kier molecular flexibility index (Phi) is 6.96. The van der Waals surface area contributed by atoms with Crippen molar-refractivity contribution in [2.24, 2.45) is 4.99 Å². The van der Waals surface area contributed by atoms with Crippen molar-refractivity contribution < 1.29 is 13.5 Å². The lowest BCUT2D eigenvalue weighted by molar-refractivity contribution is -0.0504. The summed E-state index contributed by atoms with van der Waals surface area (Å²) in [6, 6.07) is 6.77. The van der Waals surface area contributed by atoms with Gasteiger partial charge in [-0.05, 0) is 6.07 Å². The van der Waals surface area contributed by atoms with Gasteiger partial charge in [0.15, 0.2) is 5.96 Å². The van der Waals surface area contributed by atoms with Gasteiger partial charge in [0.2, 0.25) is 5.13 Å². The second kappa shape index (κ2) is 9.63. The van der Waals surface area contributed by atoms with Crippen molar-refractivity contribution in [2.45, 2.75) is 26.5 Å². The first-order valence-electron chi connectivity index (χ1n) is 9.16. The van der Waals surface area contributed by atoms with E-state index in [4.69, 9.17) is 0 Å². The Balaban J connectivity index is 1.55. The van der Waals surface area contributed by atoms with Gasteiger partial charge in [0.25, 0.3) is 0 Å². The summed E-state index contributed by atoms with van der Waals surface area (Å²) < 4.78 is 34.1. The van der Waals surface area contributed by atoms with Crippen LogP contribution >= 0.6 is 11.5 Å². The van der Waals surface area contributed by atoms with Gasteiger partial charge >= 0.3 is 6.61 Å². The summed E-state index contributed by atoms with van der Waals surface area (Å²) in [7, 11) is 1.72. The molecule has 1 N–H and O–H groups in total. The van der Waals surface area contributed by atoms with Gasteiger partial charge < -0.3 is 19.9 Å². The maximum Gasteiger partial charge on any atom is 0.387 e. The first-order valence-corrected chi connectivity index (χ1v) is 9.94. The summed E-state index contributed by atoms with van der Waals surface area (Å²) >= 11 is 1.44. The van der Waals surface area contributed by atoms with Crippen LogP contribution in [0, 0.1) is 0 Å². The summed E-state index contributed by atoms with van der Waals surface area (Å²) in [6.07, 6.45) is 0.837. The van der Waals surface area contributed by atoms with Gasteiger partial charge in [0.05, 0.1) is 0 Å². The van der Waals surface area contributed by atoms with E-state index < -0.39 is 6.61 Å². The SMILES string of the molecule is CCc1nsc(N2CCN(C(=NC)NCc3ccccc3OC(F)F)CC2)n1. The number of piperazine rings is 1. The second-order valence-corrected chi connectivity index (χ2v) is 6.94. The van der Waals surface area contributed by atoms with Gasteiger partial charge in [0.1, 0.15) is 11.6 Å². The molecule has 1 aliphatic rings. The molecule has 1 saturated heterocycles. The fourth-order valence-electron chi connectivity index (χ4n) is 2.99. The fraction of sp³-hybridized carbons (Fsp3) is 0.500.